The van der Waals surface area contributed by atoms with Crippen LogP contribution in [0, 0.1) is 17.2 Å². The lowest BCUT2D eigenvalue weighted by atomic mass is 9.93. The minimum Gasteiger partial charge on any atom is -0.504 e. The van der Waals surface area contributed by atoms with Gasteiger partial charge in [-0.15, -0.1) is 0 Å². The fourth-order valence-corrected chi connectivity index (χ4v) is 5.69. The van der Waals surface area contributed by atoms with Crippen molar-refractivity contribution in [2.24, 2.45) is 5.92 Å². The van der Waals surface area contributed by atoms with E-state index in [2.05, 4.69) is 15.0 Å². The predicted octanol–water partition coefficient (Wildman–Crippen LogP) is 3.93. The van der Waals surface area contributed by atoms with E-state index in [-0.39, 0.29) is 30.4 Å². The van der Waals surface area contributed by atoms with Crippen molar-refractivity contribution < 1.29 is 37.7 Å². The molecule has 1 atom stereocenters. The highest BCUT2D eigenvalue weighted by atomic mass is 32.2. The number of likely N-dealkylation sites (tertiary alicyclic amines) is 1. The van der Waals surface area contributed by atoms with Gasteiger partial charge in [0.2, 0.25) is 6.04 Å². The largest absolute Gasteiger partial charge is 0.504 e. The molecule has 1 unspecified atom stereocenters. The van der Waals surface area contributed by atoms with Gasteiger partial charge in [-0.05, 0) is 52.0 Å². The Bertz CT molecular complexity index is 1590. The van der Waals surface area contributed by atoms with Gasteiger partial charge >= 0.3 is 12.3 Å². The molecule has 1 aromatic carbocycles. The maximum Gasteiger partial charge on any atom is 0.417 e. The third kappa shape index (κ3) is 7.54. The van der Waals surface area contributed by atoms with Crippen LogP contribution in [0.25, 0.3) is 11.2 Å². The smallest absolute Gasteiger partial charge is 0.417 e. The first kappa shape index (κ1) is 32.5. The molecule has 3 aromatic rings. The number of ether oxygens (including phenoxy) is 1. The number of piperidine rings is 1. The highest BCUT2D eigenvalue weighted by Gasteiger charge is 2.48. The van der Waals surface area contributed by atoms with Crippen molar-refractivity contribution in [3.8, 4) is 17.6 Å². The normalized spacial score (nSPS) is 15.2. The van der Waals surface area contributed by atoms with Gasteiger partial charge in [-0.1, -0.05) is 11.8 Å². The van der Waals surface area contributed by atoms with E-state index >= 15 is 0 Å². The minimum absolute atomic E-state index is 0.0315. The fraction of sp³-hybridized carbons (Fsp3) is 0.481. The number of phenolic OH excluding ortho intramolecular Hbond substituents is 2. The molecule has 17 heteroatoms. The molecule has 0 aliphatic carbocycles. The molecule has 0 bridgehead atoms. The monoisotopic (exact) mass is 636 g/mol. The predicted molar refractivity (Wildman–Crippen MR) is 151 cm³/mol. The zero-order valence-corrected chi connectivity index (χ0v) is 24.9. The fourth-order valence-electron chi connectivity index (χ4n) is 4.69. The number of nitrogens with one attached hydrogen (secondary N) is 1. The van der Waals surface area contributed by atoms with Crippen molar-refractivity contribution in [2.45, 2.75) is 74.4 Å². The lowest BCUT2D eigenvalue weighted by molar-refractivity contribution is -0.175. The molecule has 5 N–H and O–H groups in total. The van der Waals surface area contributed by atoms with Gasteiger partial charge in [0.05, 0.1) is 5.56 Å². The van der Waals surface area contributed by atoms with Crippen LogP contribution in [-0.4, -0.2) is 77.5 Å². The molecule has 2 amide bonds. The molecule has 0 spiro atoms. The summed E-state index contributed by atoms with van der Waals surface area (Å²) in [5, 5.41) is 31.4. The van der Waals surface area contributed by atoms with E-state index in [0.717, 1.165) is 22.7 Å². The number of anilines is 1. The first-order chi connectivity index (χ1) is 20.6. The third-order valence-corrected chi connectivity index (χ3v) is 7.90. The van der Waals surface area contributed by atoms with Crippen molar-refractivity contribution >= 4 is 40.7 Å². The van der Waals surface area contributed by atoms with Crippen LogP contribution in [0.1, 0.15) is 45.6 Å². The van der Waals surface area contributed by atoms with Crippen molar-refractivity contribution in [3.05, 3.63) is 24.0 Å². The van der Waals surface area contributed by atoms with Crippen LogP contribution < -0.4 is 11.1 Å². The van der Waals surface area contributed by atoms with Gasteiger partial charge in [-0.25, -0.2) is 19.7 Å². The van der Waals surface area contributed by atoms with Crippen molar-refractivity contribution in [1.82, 2.24) is 29.7 Å². The molecule has 13 nitrogen and oxygen atoms in total. The van der Waals surface area contributed by atoms with Gasteiger partial charge in [0.15, 0.2) is 33.6 Å². The number of alkyl halides is 3. The Morgan fingerprint density at radius 2 is 1.86 bits per heavy atom. The number of nitrogens with zero attached hydrogens (tertiary/aromatic N) is 6. The number of amides is 2. The van der Waals surface area contributed by atoms with E-state index in [1.54, 1.807) is 9.88 Å². The maximum absolute atomic E-state index is 13.7. The van der Waals surface area contributed by atoms with Crippen LogP contribution in [0.2, 0.25) is 0 Å². The Morgan fingerprint density at radius 1 is 1.20 bits per heavy atom. The summed E-state index contributed by atoms with van der Waals surface area (Å²) in [5.74, 6) is -1.94. The number of alkyl carbamates (subject to hydrolysis) is 1. The number of carbonyl (C=O) groups excluding carboxylic acids is 2. The quantitative estimate of drug-likeness (QED) is 0.275. The number of carbonyl (C=O) groups is 2. The number of aromatic nitrogens is 4. The second-order valence-corrected chi connectivity index (χ2v) is 12.2. The Morgan fingerprint density at radius 3 is 2.48 bits per heavy atom. The van der Waals surface area contributed by atoms with E-state index in [0.29, 0.717) is 47.0 Å². The first-order valence-electron chi connectivity index (χ1n) is 13.5. The molecular formula is C27H31F3N8O5S. The molecule has 0 radical (unpaired) electrons. The molecular weight excluding hydrogens is 605 g/mol. The number of nitrogens with two attached hydrogens (primary N) is 1. The van der Waals surface area contributed by atoms with Gasteiger partial charge in [-0.3, -0.25) is 4.79 Å². The number of nitriles is 1. The second kappa shape index (κ2) is 12.6. The number of rotatable bonds is 7. The topological polar surface area (TPSA) is 193 Å². The zero-order chi connectivity index (χ0) is 32.4. The van der Waals surface area contributed by atoms with Crippen molar-refractivity contribution in [2.75, 3.05) is 18.8 Å². The SMILES string of the molecule is CC(C)(C)OC(=O)NC(C(=O)N1CCC(CCn2c(Sc3cc(O)c(O)cc3C#N)nc3c(N)ncnc32)CC1)C(F)(F)F. The van der Waals surface area contributed by atoms with Gasteiger partial charge < -0.3 is 35.5 Å². The number of benzene rings is 1. The minimum atomic E-state index is -5.01. The summed E-state index contributed by atoms with van der Waals surface area (Å²) in [6.45, 7) is 4.99. The molecule has 3 heterocycles. The molecule has 236 valence electrons. The van der Waals surface area contributed by atoms with E-state index in [1.165, 1.54) is 33.2 Å². The van der Waals surface area contributed by atoms with E-state index < -0.39 is 41.3 Å². The Labute approximate surface area is 254 Å². The number of phenols is 2. The Hall–Kier alpha value is -4.46. The number of halogens is 3. The maximum atomic E-state index is 13.7. The highest BCUT2D eigenvalue weighted by Crippen LogP contribution is 2.38. The van der Waals surface area contributed by atoms with Crippen LogP contribution in [0.15, 0.2) is 28.5 Å². The lowest BCUT2D eigenvalue weighted by Crippen LogP contribution is -2.57. The number of aromatic hydroxyl groups is 2. The second-order valence-electron chi connectivity index (χ2n) is 11.2. The Kier molecular flexibility index (Phi) is 9.33. The summed E-state index contributed by atoms with van der Waals surface area (Å²) < 4.78 is 47.8. The molecule has 4 rings (SSSR count). The summed E-state index contributed by atoms with van der Waals surface area (Å²) in [6, 6.07) is 1.63. The van der Waals surface area contributed by atoms with Gasteiger partial charge in [-0.2, -0.15) is 18.4 Å². The summed E-state index contributed by atoms with van der Waals surface area (Å²) in [5.41, 5.74) is 5.84. The van der Waals surface area contributed by atoms with E-state index in [9.17, 15) is 38.2 Å². The van der Waals surface area contributed by atoms with Crippen molar-refractivity contribution in [1.29, 1.82) is 5.26 Å². The van der Waals surface area contributed by atoms with Gasteiger partial charge in [0.25, 0.3) is 5.91 Å². The van der Waals surface area contributed by atoms with Crippen LogP contribution in [-0.2, 0) is 16.1 Å². The molecule has 44 heavy (non-hydrogen) atoms. The summed E-state index contributed by atoms with van der Waals surface area (Å²) in [7, 11) is 0. The summed E-state index contributed by atoms with van der Waals surface area (Å²) in [6.07, 6.45) is -3.68. The zero-order valence-electron chi connectivity index (χ0n) is 24.1. The number of fused-ring (bicyclic) bond motifs is 1. The van der Waals surface area contributed by atoms with Gasteiger partial charge in [0, 0.05) is 30.6 Å². The average molecular weight is 637 g/mol. The lowest BCUT2D eigenvalue weighted by Gasteiger charge is -2.35. The van der Waals surface area contributed by atoms with Crippen LogP contribution in [0.5, 0.6) is 11.5 Å². The van der Waals surface area contributed by atoms with E-state index in [4.69, 9.17) is 10.5 Å². The van der Waals surface area contributed by atoms with E-state index in [1.807, 2.05) is 6.07 Å². The standard InChI is InChI=1S/C27H31F3N8O5S/c1-26(2,3)43-25(42)36-20(27(28,29)30)23(41)37-7-4-14(5-8-37)6-9-38-22-19(21(32)33-13-34-22)35-24(38)44-18-11-17(40)16(39)10-15(18)12-31/h10-11,13-14,20,39-40H,4-9H2,1-3H3,(H,36,42)(H2,32,33,34). The summed E-state index contributed by atoms with van der Waals surface area (Å²) >= 11 is 1.06. The molecule has 1 fully saturated rings. The number of hydrogen-bond acceptors (Lipinski definition) is 11. The van der Waals surface area contributed by atoms with Crippen LogP contribution in [0.4, 0.5) is 23.8 Å². The first-order valence-corrected chi connectivity index (χ1v) is 14.3. The van der Waals surface area contributed by atoms with Crippen molar-refractivity contribution in [3.63, 3.8) is 0 Å². The molecule has 0 saturated carbocycles. The highest BCUT2D eigenvalue weighted by molar-refractivity contribution is 7.99. The molecule has 1 aliphatic rings. The van der Waals surface area contributed by atoms with Crippen LogP contribution >= 0.6 is 11.8 Å². The molecule has 1 saturated heterocycles. The third-order valence-electron chi connectivity index (χ3n) is 6.85. The number of nitrogen functional groups attached to an aromatic ring is 1. The molecule has 2 aromatic heterocycles. The molecule has 1 aliphatic heterocycles. The van der Waals surface area contributed by atoms with Crippen LogP contribution in [0.3, 0.4) is 0 Å². The van der Waals surface area contributed by atoms with Gasteiger partial charge in [0.1, 0.15) is 18.0 Å². The Balaban J connectivity index is 1.46. The number of imidazole rings is 1. The number of hydrogen-bond donors (Lipinski definition) is 4. The average Bonchev–Trinajstić information content (AvgIpc) is 3.29. The number of aryl methyl sites for hydroxylation is 1. The summed E-state index contributed by atoms with van der Waals surface area (Å²) in [4.78, 5) is 39.1.